The van der Waals surface area contributed by atoms with Gasteiger partial charge in [-0.3, -0.25) is 4.79 Å². The van der Waals surface area contributed by atoms with Gasteiger partial charge in [0.2, 0.25) is 5.91 Å². The van der Waals surface area contributed by atoms with Crippen LogP contribution in [0.1, 0.15) is 39.0 Å². The molecule has 4 nitrogen and oxygen atoms in total. The van der Waals surface area contributed by atoms with E-state index in [4.69, 9.17) is 12.2 Å². The lowest BCUT2D eigenvalue weighted by molar-refractivity contribution is -0.137. The SMILES string of the molecule is C=C(C)CNC(=S)N1CCN(C(=O)C2CCCCC2)CC1. The van der Waals surface area contributed by atoms with Crippen LogP contribution < -0.4 is 5.32 Å². The third kappa shape index (κ3) is 4.70. The van der Waals surface area contributed by atoms with E-state index in [2.05, 4.69) is 16.8 Å². The minimum atomic E-state index is 0.277. The minimum absolute atomic E-state index is 0.277. The predicted molar refractivity (Wildman–Crippen MR) is 90.1 cm³/mol. The first-order chi connectivity index (χ1) is 10.1. The van der Waals surface area contributed by atoms with Gasteiger partial charge in [0.1, 0.15) is 0 Å². The Balaban J connectivity index is 1.75. The predicted octanol–water partition coefficient (Wildman–Crippen LogP) is 2.16. The molecule has 21 heavy (non-hydrogen) atoms. The van der Waals surface area contributed by atoms with Gasteiger partial charge < -0.3 is 15.1 Å². The van der Waals surface area contributed by atoms with Crippen molar-refractivity contribution >= 4 is 23.2 Å². The zero-order valence-corrected chi connectivity index (χ0v) is 13.9. The Kier molecular flexibility index (Phi) is 6.03. The van der Waals surface area contributed by atoms with Gasteiger partial charge in [0.25, 0.3) is 0 Å². The molecule has 1 saturated heterocycles. The van der Waals surface area contributed by atoms with E-state index >= 15 is 0 Å². The summed E-state index contributed by atoms with van der Waals surface area (Å²) in [7, 11) is 0. The molecule has 0 aromatic heterocycles. The van der Waals surface area contributed by atoms with Crippen molar-refractivity contribution in [3.63, 3.8) is 0 Å². The highest BCUT2D eigenvalue weighted by Crippen LogP contribution is 2.25. The fourth-order valence-electron chi connectivity index (χ4n) is 3.08. The first-order valence-electron chi connectivity index (χ1n) is 8.04. The molecule has 1 amide bonds. The lowest BCUT2D eigenvalue weighted by atomic mass is 9.88. The summed E-state index contributed by atoms with van der Waals surface area (Å²) in [6, 6.07) is 0. The topological polar surface area (TPSA) is 35.6 Å². The van der Waals surface area contributed by atoms with Crippen molar-refractivity contribution in [2.45, 2.75) is 39.0 Å². The number of hydrogen-bond acceptors (Lipinski definition) is 2. The van der Waals surface area contributed by atoms with E-state index in [1.54, 1.807) is 0 Å². The van der Waals surface area contributed by atoms with Gasteiger partial charge in [0, 0.05) is 38.6 Å². The van der Waals surface area contributed by atoms with Crippen molar-refractivity contribution < 1.29 is 4.79 Å². The number of thiocarbonyl (C=S) groups is 1. The number of nitrogens with one attached hydrogen (secondary N) is 1. The highest BCUT2D eigenvalue weighted by atomic mass is 32.1. The molecule has 5 heteroatoms. The third-order valence-corrected chi connectivity index (χ3v) is 4.78. The zero-order chi connectivity index (χ0) is 15.2. The molecule has 0 aromatic carbocycles. The van der Waals surface area contributed by atoms with Crippen LogP contribution in [0.2, 0.25) is 0 Å². The lowest BCUT2D eigenvalue weighted by Gasteiger charge is -2.38. The Hall–Kier alpha value is -1.10. The molecule has 1 aliphatic carbocycles. The molecule has 1 N–H and O–H groups in total. The molecular formula is C16H27N3OS. The molecular weight excluding hydrogens is 282 g/mol. The van der Waals surface area contributed by atoms with Gasteiger partial charge in [-0.2, -0.15) is 0 Å². The second kappa shape index (κ2) is 7.78. The van der Waals surface area contributed by atoms with Gasteiger partial charge in [-0.05, 0) is 32.0 Å². The standard InChI is InChI=1S/C16H27N3OS/c1-13(2)12-17-16(21)19-10-8-18(9-11-19)15(20)14-6-4-3-5-7-14/h14H,1,3-12H2,2H3,(H,17,21). The van der Waals surface area contributed by atoms with Crippen LogP contribution in [0.5, 0.6) is 0 Å². The largest absolute Gasteiger partial charge is 0.359 e. The van der Waals surface area contributed by atoms with E-state index < -0.39 is 0 Å². The summed E-state index contributed by atoms with van der Waals surface area (Å²) in [6.07, 6.45) is 5.88. The van der Waals surface area contributed by atoms with Crippen LogP contribution in [0.15, 0.2) is 12.2 Å². The van der Waals surface area contributed by atoms with Crippen LogP contribution >= 0.6 is 12.2 Å². The van der Waals surface area contributed by atoms with Crippen LogP contribution in [0.3, 0.4) is 0 Å². The van der Waals surface area contributed by atoms with E-state index in [1.807, 2.05) is 11.8 Å². The van der Waals surface area contributed by atoms with E-state index in [0.29, 0.717) is 5.91 Å². The Labute approximate surface area is 133 Å². The van der Waals surface area contributed by atoms with E-state index in [1.165, 1.54) is 19.3 Å². The van der Waals surface area contributed by atoms with Crippen molar-refractivity contribution in [3.05, 3.63) is 12.2 Å². The van der Waals surface area contributed by atoms with Crippen molar-refractivity contribution in [1.82, 2.24) is 15.1 Å². The van der Waals surface area contributed by atoms with Gasteiger partial charge in [-0.1, -0.05) is 31.4 Å². The van der Waals surface area contributed by atoms with Crippen LogP contribution in [0.4, 0.5) is 0 Å². The van der Waals surface area contributed by atoms with Gasteiger partial charge in [-0.25, -0.2) is 0 Å². The molecule has 0 radical (unpaired) electrons. The maximum atomic E-state index is 12.5. The Morgan fingerprint density at radius 3 is 2.29 bits per heavy atom. The second-order valence-corrected chi connectivity index (χ2v) is 6.65. The first-order valence-corrected chi connectivity index (χ1v) is 8.44. The number of piperazine rings is 1. The van der Waals surface area contributed by atoms with E-state index in [9.17, 15) is 4.79 Å². The molecule has 0 aromatic rings. The van der Waals surface area contributed by atoms with Gasteiger partial charge in [-0.15, -0.1) is 0 Å². The summed E-state index contributed by atoms with van der Waals surface area (Å²) in [5.74, 6) is 0.647. The van der Waals surface area contributed by atoms with E-state index in [0.717, 1.165) is 56.3 Å². The zero-order valence-electron chi connectivity index (χ0n) is 13.1. The first kappa shape index (κ1) is 16.3. The molecule has 2 fully saturated rings. The van der Waals surface area contributed by atoms with Crippen molar-refractivity contribution in [3.8, 4) is 0 Å². The van der Waals surface area contributed by atoms with Crippen molar-refractivity contribution in [2.24, 2.45) is 5.92 Å². The van der Waals surface area contributed by atoms with Crippen molar-refractivity contribution in [1.29, 1.82) is 0 Å². The molecule has 1 aliphatic heterocycles. The minimum Gasteiger partial charge on any atom is -0.359 e. The lowest BCUT2D eigenvalue weighted by Crippen LogP contribution is -2.54. The second-order valence-electron chi connectivity index (χ2n) is 6.26. The summed E-state index contributed by atoms with van der Waals surface area (Å²) in [6.45, 7) is 9.83. The highest BCUT2D eigenvalue weighted by molar-refractivity contribution is 7.80. The molecule has 0 atom stereocenters. The molecule has 0 bridgehead atoms. The highest BCUT2D eigenvalue weighted by Gasteiger charge is 2.28. The Morgan fingerprint density at radius 1 is 1.14 bits per heavy atom. The maximum Gasteiger partial charge on any atom is 0.225 e. The number of carbonyl (C=O) groups excluding carboxylic acids is 1. The van der Waals surface area contributed by atoms with Gasteiger partial charge in [0.05, 0.1) is 0 Å². The normalized spacial score (nSPS) is 20.2. The quantitative estimate of drug-likeness (QED) is 0.640. The summed E-state index contributed by atoms with van der Waals surface area (Å²) >= 11 is 5.39. The van der Waals surface area contributed by atoms with Crippen LogP contribution in [0.25, 0.3) is 0 Å². The molecule has 1 saturated carbocycles. The third-order valence-electron chi connectivity index (χ3n) is 4.37. The number of amides is 1. The molecule has 118 valence electrons. The van der Waals surface area contributed by atoms with Gasteiger partial charge >= 0.3 is 0 Å². The van der Waals surface area contributed by atoms with Crippen molar-refractivity contribution in [2.75, 3.05) is 32.7 Å². The molecule has 2 rings (SSSR count). The van der Waals surface area contributed by atoms with Crippen LogP contribution in [0, 0.1) is 5.92 Å². The number of rotatable bonds is 3. The number of carbonyl (C=O) groups is 1. The smallest absolute Gasteiger partial charge is 0.225 e. The average Bonchev–Trinajstić information content (AvgIpc) is 2.53. The number of nitrogens with zero attached hydrogens (tertiary/aromatic N) is 2. The average molecular weight is 309 g/mol. The summed E-state index contributed by atoms with van der Waals surface area (Å²) in [5, 5.41) is 3.99. The Morgan fingerprint density at radius 2 is 1.71 bits per heavy atom. The van der Waals surface area contributed by atoms with E-state index in [-0.39, 0.29) is 5.92 Å². The fourth-order valence-corrected chi connectivity index (χ4v) is 3.33. The number of hydrogen-bond donors (Lipinski definition) is 1. The molecule has 1 heterocycles. The van der Waals surface area contributed by atoms with Crippen LogP contribution in [-0.2, 0) is 4.79 Å². The molecule has 0 unspecified atom stereocenters. The summed E-state index contributed by atoms with van der Waals surface area (Å²) < 4.78 is 0. The maximum absolute atomic E-state index is 12.5. The molecule has 0 spiro atoms. The van der Waals surface area contributed by atoms with Crippen LogP contribution in [-0.4, -0.2) is 53.5 Å². The summed E-state index contributed by atoms with van der Waals surface area (Å²) in [5.41, 5.74) is 1.07. The fraction of sp³-hybridized carbons (Fsp3) is 0.750. The van der Waals surface area contributed by atoms with Gasteiger partial charge in [0.15, 0.2) is 5.11 Å². The Bertz CT molecular complexity index is 396. The monoisotopic (exact) mass is 309 g/mol. The molecule has 2 aliphatic rings. The summed E-state index contributed by atoms with van der Waals surface area (Å²) in [4.78, 5) is 16.7.